The third-order valence-corrected chi connectivity index (χ3v) is 5.58. The molecule has 0 saturated carbocycles. The SMILES string of the molecule is CCC(C)(C)OC(=O)NCCCCCCCCCCCCNC(=O)OC(C)(C)CC. The zero-order valence-electron chi connectivity index (χ0n) is 20.5. The second-order valence-electron chi connectivity index (χ2n) is 9.39. The average Bonchev–Trinajstić information content (AvgIpc) is 2.67. The lowest BCUT2D eigenvalue weighted by Gasteiger charge is -2.23. The Balaban J connectivity index is 3.36. The van der Waals surface area contributed by atoms with Crippen LogP contribution in [-0.4, -0.2) is 36.5 Å². The van der Waals surface area contributed by atoms with Gasteiger partial charge >= 0.3 is 12.2 Å². The number of hydrogen-bond acceptors (Lipinski definition) is 4. The van der Waals surface area contributed by atoms with Crippen molar-refractivity contribution in [1.82, 2.24) is 10.6 Å². The Morgan fingerprint density at radius 2 is 0.833 bits per heavy atom. The van der Waals surface area contributed by atoms with Crippen LogP contribution in [0, 0.1) is 0 Å². The number of nitrogens with one attached hydrogen (secondary N) is 2. The van der Waals surface area contributed by atoms with E-state index in [1.807, 2.05) is 41.5 Å². The summed E-state index contributed by atoms with van der Waals surface area (Å²) in [5.74, 6) is 0. The van der Waals surface area contributed by atoms with Gasteiger partial charge in [0.25, 0.3) is 0 Å². The Bertz CT molecular complexity index is 422. The molecule has 0 heterocycles. The average molecular weight is 429 g/mol. The first kappa shape index (κ1) is 28.5. The van der Waals surface area contributed by atoms with Gasteiger partial charge in [0.1, 0.15) is 11.2 Å². The molecule has 0 fully saturated rings. The lowest BCUT2D eigenvalue weighted by molar-refractivity contribution is 0.0353. The number of unbranched alkanes of at least 4 members (excludes halogenated alkanes) is 9. The quantitative estimate of drug-likeness (QED) is 0.252. The van der Waals surface area contributed by atoms with Crippen LogP contribution in [0.1, 0.15) is 119 Å². The number of carbonyl (C=O) groups excluding carboxylic acids is 2. The third-order valence-electron chi connectivity index (χ3n) is 5.58. The van der Waals surface area contributed by atoms with Crippen LogP contribution in [0.4, 0.5) is 9.59 Å². The van der Waals surface area contributed by atoms with Crippen molar-refractivity contribution in [2.24, 2.45) is 0 Å². The molecule has 0 aromatic rings. The molecule has 2 amide bonds. The number of ether oxygens (including phenoxy) is 2. The summed E-state index contributed by atoms with van der Waals surface area (Å²) in [5, 5.41) is 5.67. The first-order chi connectivity index (χ1) is 14.1. The summed E-state index contributed by atoms with van der Waals surface area (Å²) in [5.41, 5.74) is -0.781. The van der Waals surface area contributed by atoms with E-state index in [-0.39, 0.29) is 12.2 Å². The highest BCUT2D eigenvalue weighted by Crippen LogP contribution is 2.14. The van der Waals surface area contributed by atoms with Crippen molar-refractivity contribution in [3.63, 3.8) is 0 Å². The third kappa shape index (κ3) is 17.4. The summed E-state index contributed by atoms with van der Waals surface area (Å²) < 4.78 is 10.7. The second kappa shape index (κ2) is 16.3. The van der Waals surface area contributed by atoms with E-state index in [1.165, 1.54) is 38.5 Å². The molecule has 0 rings (SSSR count). The van der Waals surface area contributed by atoms with Crippen molar-refractivity contribution in [2.75, 3.05) is 13.1 Å². The number of alkyl carbamates (subject to hydrolysis) is 2. The summed E-state index contributed by atoms with van der Waals surface area (Å²) in [6.07, 6.45) is 12.8. The van der Waals surface area contributed by atoms with Crippen molar-refractivity contribution in [3.8, 4) is 0 Å². The van der Waals surface area contributed by atoms with Gasteiger partial charge in [-0.1, -0.05) is 65.2 Å². The largest absolute Gasteiger partial charge is 0.444 e. The van der Waals surface area contributed by atoms with Gasteiger partial charge in [0.2, 0.25) is 0 Å². The number of hydrogen-bond donors (Lipinski definition) is 2. The standard InChI is InChI=1S/C24H48N2O4/c1-7-23(3,4)29-21(27)25-19-17-15-13-11-9-10-12-14-16-18-20-26-22(28)30-24(5,6)8-2/h7-20H2,1-6H3,(H,25,27)(H,26,28). The van der Waals surface area contributed by atoms with Gasteiger partial charge in [-0.25, -0.2) is 9.59 Å². The molecule has 178 valence electrons. The molecule has 0 bridgehead atoms. The highest BCUT2D eigenvalue weighted by atomic mass is 16.6. The van der Waals surface area contributed by atoms with E-state index in [1.54, 1.807) is 0 Å². The minimum Gasteiger partial charge on any atom is -0.444 e. The van der Waals surface area contributed by atoms with Crippen LogP contribution in [0.5, 0.6) is 0 Å². The molecule has 6 nitrogen and oxygen atoms in total. The molecule has 0 unspecified atom stereocenters. The molecule has 2 N–H and O–H groups in total. The van der Waals surface area contributed by atoms with Gasteiger partial charge in [-0.15, -0.1) is 0 Å². The minimum atomic E-state index is -0.391. The summed E-state index contributed by atoms with van der Waals surface area (Å²) >= 11 is 0. The fraction of sp³-hybridized carbons (Fsp3) is 0.917. The van der Waals surface area contributed by atoms with Crippen LogP contribution in [0.25, 0.3) is 0 Å². The van der Waals surface area contributed by atoms with E-state index in [2.05, 4.69) is 10.6 Å². The molecule has 0 aliphatic rings. The number of carbonyl (C=O) groups is 2. The van der Waals surface area contributed by atoms with Gasteiger partial charge in [-0.05, 0) is 53.4 Å². The summed E-state index contributed by atoms with van der Waals surface area (Å²) in [6.45, 7) is 13.1. The van der Waals surface area contributed by atoms with E-state index in [9.17, 15) is 9.59 Å². The van der Waals surface area contributed by atoms with Gasteiger partial charge in [0, 0.05) is 13.1 Å². The topological polar surface area (TPSA) is 76.7 Å². The molecule has 30 heavy (non-hydrogen) atoms. The molecule has 6 heteroatoms. The van der Waals surface area contributed by atoms with Crippen LogP contribution in [0.3, 0.4) is 0 Å². The van der Waals surface area contributed by atoms with Crippen molar-refractivity contribution in [2.45, 2.75) is 130 Å². The van der Waals surface area contributed by atoms with Gasteiger partial charge in [-0.3, -0.25) is 0 Å². The normalized spacial score (nSPS) is 11.8. The van der Waals surface area contributed by atoms with Gasteiger partial charge in [0.05, 0.1) is 0 Å². The fourth-order valence-electron chi connectivity index (χ4n) is 2.76. The van der Waals surface area contributed by atoms with E-state index >= 15 is 0 Å². The summed E-state index contributed by atoms with van der Waals surface area (Å²) in [6, 6.07) is 0. The molecule has 0 aromatic carbocycles. The van der Waals surface area contributed by atoms with E-state index in [0.717, 1.165) is 38.5 Å². The Morgan fingerprint density at radius 3 is 1.10 bits per heavy atom. The minimum absolute atomic E-state index is 0.307. The maximum atomic E-state index is 11.7. The lowest BCUT2D eigenvalue weighted by Crippen LogP contribution is -2.34. The fourth-order valence-corrected chi connectivity index (χ4v) is 2.76. The van der Waals surface area contributed by atoms with Crippen molar-refractivity contribution >= 4 is 12.2 Å². The number of amides is 2. The molecule has 0 atom stereocenters. The first-order valence-corrected chi connectivity index (χ1v) is 12.1. The Morgan fingerprint density at radius 1 is 0.567 bits per heavy atom. The van der Waals surface area contributed by atoms with Gasteiger partial charge < -0.3 is 20.1 Å². The maximum absolute atomic E-state index is 11.7. The zero-order valence-corrected chi connectivity index (χ0v) is 20.5. The predicted octanol–water partition coefficient (Wildman–Crippen LogP) is 6.72. The van der Waals surface area contributed by atoms with Crippen molar-refractivity contribution in [3.05, 3.63) is 0 Å². The summed E-state index contributed by atoms with van der Waals surface area (Å²) in [4.78, 5) is 23.3. The lowest BCUT2D eigenvalue weighted by atomic mass is 10.1. The Labute approximate surface area is 185 Å². The predicted molar refractivity (Wildman–Crippen MR) is 124 cm³/mol. The molecule has 0 radical (unpaired) electrons. The van der Waals surface area contributed by atoms with Crippen LogP contribution < -0.4 is 10.6 Å². The molecule has 0 saturated heterocycles. The van der Waals surface area contributed by atoms with E-state index < -0.39 is 11.2 Å². The highest BCUT2D eigenvalue weighted by Gasteiger charge is 2.20. The van der Waals surface area contributed by atoms with Crippen LogP contribution >= 0.6 is 0 Å². The maximum Gasteiger partial charge on any atom is 0.407 e. The van der Waals surface area contributed by atoms with Gasteiger partial charge in [0.15, 0.2) is 0 Å². The second-order valence-corrected chi connectivity index (χ2v) is 9.39. The molecule has 0 aliphatic carbocycles. The van der Waals surface area contributed by atoms with Crippen molar-refractivity contribution in [1.29, 1.82) is 0 Å². The van der Waals surface area contributed by atoms with E-state index in [4.69, 9.17) is 9.47 Å². The van der Waals surface area contributed by atoms with Crippen LogP contribution in [0.15, 0.2) is 0 Å². The van der Waals surface area contributed by atoms with Gasteiger partial charge in [-0.2, -0.15) is 0 Å². The van der Waals surface area contributed by atoms with Crippen molar-refractivity contribution < 1.29 is 19.1 Å². The number of rotatable bonds is 17. The molecule has 0 aliphatic heterocycles. The van der Waals surface area contributed by atoms with Crippen LogP contribution in [0.2, 0.25) is 0 Å². The highest BCUT2D eigenvalue weighted by molar-refractivity contribution is 5.67. The molecule has 0 spiro atoms. The summed E-state index contributed by atoms with van der Waals surface area (Å²) in [7, 11) is 0. The van der Waals surface area contributed by atoms with Crippen LogP contribution in [-0.2, 0) is 9.47 Å². The zero-order chi connectivity index (χ0) is 22.9. The smallest absolute Gasteiger partial charge is 0.407 e. The first-order valence-electron chi connectivity index (χ1n) is 12.1. The molecular weight excluding hydrogens is 380 g/mol. The Kier molecular flexibility index (Phi) is 15.5. The molecular formula is C24H48N2O4. The van der Waals surface area contributed by atoms with E-state index in [0.29, 0.717) is 13.1 Å². The molecule has 0 aromatic heterocycles. The monoisotopic (exact) mass is 428 g/mol. The Hall–Kier alpha value is -1.46.